The van der Waals surface area contributed by atoms with Gasteiger partial charge in [-0.2, -0.15) is 0 Å². The van der Waals surface area contributed by atoms with Gasteiger partial charge in [0, 0.05) is 17.2 Å². The van der Waals surface area contributed by atoms with E-state index in [2.05, 4.69) is 10.6 Å². The van der Waals surface area contributed by atoms with E-state index in [1.54, 1.807) is 24.3 Å². The Morgan fingerprint density at radius 2 is 1.42 bits per heavy atom. The Morgan fingerprint density at radius 3 is 2.06 bits per heavy atom. The summed E-state index contributed by atoms with van der Waals surface area (Å²) >= 11 is 0. The zero-order chi connectivity index (χ0) is 22.2. The third-order valence-corrected chi connectivity index (χ3v) is 5.25. The molecule has 0 heterocycles. The van der Waals surface area contributed by atoms with Crippen LogP contribution in [-0.4, -0.2) is 35.8 Å². The van der Waals surface area contributed by atoms with Gasteiger partial charge in [0.25, 0.3) is 5.91 Å². The van der Waals surface area contributed by atoms with E-state index in [0.717, 1.165) is 32.1 Å². The first-order valence-corrected chi connectivity index (χ1v) is 10.5. The summed E-state index contributed by atoms with van der Waals surface area (Å²) in [7, 11) is 0. The first kappa shape index (κ1) is 22.2. The van der Waals surface area contributed by atoms with Crippen molar-refractivity contribution in [1.82, 2.24) is 10.6 Å². The first-order valence-electron chi connectivity index (χ1n) is 10.5. The maximum atomic E-state index is 12.4. The molecule has 0 spiro atoms. The van der Waals surface area contributed by atoms with Crippen molar-refractivity contribution in [2.75, 3.05) is 0 Å². The Bertz CT molecular complexity index is 934. The van der Waals surface area contributed by atoms with Crippen molar-refractivity contribution < 1.29 is 23.9 Å². The smallest absolute Gasteiger partial charge is 0.338 e. The average molecular weight is 422 g/mol. The molecule has 0 bridgehead atoms. The molecule has 1 atom stereocenters. The molecule has 162 valence electrons. The molecule has 1 aliphatic carbocycles. The fourth-order valence-electron chi connectivity index (χ4n) is 3.48. The number of carbonyl (C=O) groups excluding carboxylic acids is 4. The lowest BCUT2D eigenvalue weighted by molar-refractivity contribution is -0.127. The van der Waals surface area contributed by atoms with Crippen LogP contribution in [0.2, 0.25) is 0 Å². The molecule has 2 N–H and O–H groups in total. The zero-order valence-electron chi connectivity index (χ0n) is 17.4. The number of carbonyl (C=O) groups is 4. The molecular formula is C24H26N2O5. The average Bonchev–Trinajstić information content (AvgIpc) is 2.79. The summed E-state index contributed by atoms with van der Waals surface area (Å²) in [6.45, 7) is 1.40. The molecule has 0 aliphatic heterocycles. The molecule has 3 amide bonds. The van der Waals surface area contributed by atoms with Crippen LogP contribution in [0.25, 0.3) is 0 Å². The number of esters is 1. The Morgan fingerprint density at radius 1 is 0.839 bits per heavy atom. The minimum atomic E-state index is -1.14. The van der Waals surface area contributed by atoms with Crippen LogP contribution in [0.15, 0.2) is 54.6 Å². The number of rotatable bonds is 6. The summed E-state index contributed by atoms with van der Waals surface area (Å²) in [5.74, 6) is -1.57. The molecular weight excluding hydrogens is 396 g/mol. The highest BCUT2D eigenvalue weighted by Crippen LogP contribution is 2.17. The van der Waals surface area contributed by atoms with Crippen LogP contribution in [0.5, 0.6) is 0 Å². The lowest BCUT2D eigenvalue weighted by atomic mass is 9.96. The topological polar surface area (TPSA) is 102 Å². The van der Waals surface area contributed by atoms with Gasteiger partial charge in [0.2, 0.25) is 0 Å². The van der Waals surface area contributed by atoms with E-state index >= 15 is 0 Å². The predicted molar refractivity (Wildman–Crippen MR) is 115 cm³/mol. The number of hydrogen-bond donors (Lipinski definition) is 2. The third-order valence-electron chi connectivity index (χ3n) is 5.25. The number of ketones is 1. The summed E-state index contributed by atoms with van der Waals surface area (Å²) in [6.07, 6.45) is 3.93. The van der Waals surface area contributed by atoms with Gasteiger partial charge in [-0.3, -0.25) is 14.9 Å². The van der Waals surface area contributed by atoms with E-state index in [9.17, 15) is 19.2 Å². The lowest BCUT2D eigenvalue weighted by Gasteiger charge is -2.23. The summed E-state index contributed by atoms with van der Waals surface area (Å²) in [5.41, 5.74) is 1.19. The number of benzene rings is 2. The van der Waals surface area contributed by atoms with E-state index in [1.165, 1.54) is 31.2 Å². The van der Waals surface area contributed by atoms with Gasteiger partial charge < -0.3 is 10.1 Å². The van der Waals surface area contributed by atoms with E-state index < -0.39 is 24.0 Å². The molecule has 7 nitrogen and oxygen atoms in total. The molecule has 0 radical (unpaired) electrons. The van der Waals surface area contributed by atoms with Crippen LogP contribution in [0.1, 0.15) is 65.3 Å². The van der Waals surface area contributed by atoms with Crippen molar-refractivity contribution >= 4 is 23.7 Å². The number of ether oxygens (including phenoxy) is 1. The molecule has 3 rings (SSSR count). The van der Waals surface area contributed by atoms with Crippen LogP contribution in [0, 0.1) is 0 Å². The van der Waals surface area contributed by atoms with Gasteiger partial charge in [0.15, 0.2) is 11.9 Å². The number of amides is 3. The highest BCUT2D eigenvalue weighted by Gasteiger charge is 2.23. The maximum Gasteiger partial charge on any atom is 0.338 e. The second-order valence-electron chi connectivity index (χ2n) is 7.62. The number of imide groups is 1. The molecule has 1 saturated carbocycles. The Hall–Kier alpha value is -3.48. The second-order valence-corrected chi connectivity index (χ2v) is 7.62. The van der Waals surface area contributed by atoms with Crippen molar-refractivity contribution in [3.63, 3.8) is 0 Å². The molecule has 0 unspecified atom stereocenters. The highest BCUT2D eigenvalue weighted by atomic mass is 16.5. The maximum absolute atomic E-state index is 12.4. The van der Waals surface area contributed by atoms with Crippen LogP contribution in [0.4, 0.5) is 4.79 Å². The molecule has 31 heavy (non-hydrogen) atoms. The van der Waals surface area contributed by atoms with Crippen LogP contribution in [-0.2, 0) is 9.53 Å². The van der Waals surface area contributed by atoms with Crippen molar-refractivity contribution in [3.05, 3.63) is 71.3 Å². The Balaban J connectivity index is 1.51. The molecule has 2 aromatic rings. The molecule has 7 heteroatoms. The quantitative estimate of drug-likeness (QED) is 0.547. The van der Waals surface area contributed by atoms with Crippen molar-refractivity contribution in [3.8, 4) is 0 Å². The normalized spacial score (nSPS) is 14.9. The van der Waals surface area contributed by atoms with Crippen molar-refractivity contribution in [2.45, 2.75) is 51.2 Å². The second kappa shape index (κ2) is 10.5. The largest absolute Gasteiger partial charge is 0.449 e. The van der Waals surface area contributed by atoms with Gasteiger partial charge in [-0.25, -0.2) is 9.59 Å². The number of urea groups is 1. The molecule has 1 aliphatic rings. The predicted octanol–water partition coefficient (Wildman–Crippen LogP) is 3.62. The van der Waals surface area contributed by atoms with Crippen LogP contribution < -0.4 is 10.6 Å². The van der Waals surface area contributed by atoms with Crippen molar-refractivity contribution in [1.29, 1.82) is 0 Å². The number of hydrogen-bond acceptors (Lipinski definition) is 5. The van der Waals surface area contributed by atoms with Gasteiger partial charge >= 0.3 is 12.0 Å². The minimum Gasteiger partial charge on any atom is -0.449 e. The standard InChI is InChI=1S/C24H26N2O5/c1-16(22(28)26-24(30)25-20-10-6-3-7-11-20)31-23(29)19-14-12-18(13-15-19)21(27)17-8-4-2-5-9-17/h2,4-5,8-9,12-16,20H,3,6-7,10-11H2,1H3,(H2,25,26,28,30)/t16-/m0/s1. The van der Waals surface area contributed by atoms with Gasteiger partial charge in [-0.15, -0.1) is 0 Å². The highest BCUT2D eigenvalue weighted by molar-refractivity contribution is 6.09. The minimum absolute atomic E-state index is 0.0662. The fourth-order valence-corrected chi connectivity index (χ4v) is 3.48. The van der Waals surface area contributed by atoms with E-state index in [-0.39, 0.29) is 17.4 Å². The monoisotopic (exact) mass is 422 g/mol. The first-order chi connectivity index (χ1) is 14.9. The summed E-state index contributed by atoms with van der Waals surface area (Å²) in [5, 5.41) is 4.99. The van der Waals surface area contributed by atoms with E-state index in [0.29, 0.717) is 11.1 Å². The molecule has 2 aromatic carbocycles. The van der Waals surface area contributed by atoms with Gasteiger partial charge in [-0.05, 0) is 31.9 Å². The summed E-state index contributed by atoms with van der Waals surface area (Å²) in [6, 6.07) is 14.3. The van der Waals surface area contributed by atoms with E-state index in [4.69, 9.17) is 4.74 Å². The van der Waals surface area contributed by atoms with Gasteiger partial charge in [0.1, 0.15) is 0 Å². The van der Waals surface area contributed by atoms with E-state index in [1.807, 2.05) is 6.07 Å². The number of nitrogens with one attached hydrogen (secondary N) is 2. The van der Waals surface area contributed by atoms with Gasteiger partial charge in [-0.1, -0.05) is 61.7 Å². The van der Waals surface area contributed by atoms with Crippen LogP contribution in [0.3, 0.4) is 0 Å². The fraction of sp³-hybridized carbons (Fsp3) is 0.333. The Kier molecular flexibility index (Phi) is 7.54. The molecule has 0 aromatic heterocycles. The molecule has 0 saturated heterocycles. The lowest BCUT2D eigenvalue weighted by Crippen LogP contribution is -2.48. The Labute approximate surface area is 181 Å². The van der Waals surface area contributed by atoms with Crippen molar-refractivity contribution in [2.24, 2.45) is 0 Å². The SMILES string of the molecule is C[C@H](OC(=O)c1ccc(C(=O)c2ccccc2)cc1)C(=O)NC(=O)NC1CCCCC1. The van der Waals surface area contributed by atoms with Crippen LogP contribution >= 0.6 is 0 Å². The zero-order valence-corrected chi connectivity index (χ0v) is 17.4. The molecule has 1 fully saturated rings. The third kappa shape index (κ3) is 6.25. The van der Waals surface area contributed by atoms with Gasteiger partial charge in [0.05, 0.1) is 5.56 Å². The summed E-state index contributed by atoms with van der Waals surface area (Å²) < 4.78 is 5.16. The summed E-state index contributed by atoms with van der Waals surface area (Å²) in [4.78, 5) is 48.9.